The predicted molar refractivity (Wildman–Crippen MR) is 56.0 cm³/mol. The number of likely N-dealkylation sites (tertiary alicyclic amines) is 1. The zero-order valence-electron chi connectivity index (χ0n) is 9.18. The maximum atomic E-state index is 11.8. The Morgan fingerprint density at radius 3 is 2.64 bits per heavy atom. The Bertz CT molecular complexity index is 233. The van der Waals surface area contributed by atoms with Crippen LogP contribution in [-0.2, 0) is 4.79 Å². The fourth-order valence-electron chi connectivity index (χ4n) is 2.39. The van der Waals surface area contributed by atoms with Gasteiger partial charge in [-0.05, 0) is 12.3 Å². The first kappa shape index (κ1) is 9.97. The van der Waals surface area contributed by atoms with Crippen LogP contribution in [0.15, 0.2) is 0 Å². The molecule has 0 aliphatic carbocycles. The van der Waals surface area contributed by atoms with Crippen molar-refractivity contribution in [2.24, 2.45) is 11.3 Å². The van der Waals surface area contributed by atoms with Gasteiger partial charge in [0.1, 0.15) is 0 Å². The summed E-state index contributed by atoms with van der Waals surface area (Å²) in [6, 6.07) is 0. The van der Waals surface area contributed by atoms with E-state index in [0.29, 0.717) is 23.7 Å². The molecule has 0 aromatic carbocycles. The first-order valence-corrected chi connectivity index (χ1v) is 5.60. The Hall–Kier alpha value is -0.570. The molecule has 2 aliphatic rings. The minimum Gasteiger partial charge on any atom is -0.342 e. The number of hydrogen-bond donors (Lipinski definition) is 1. The molecular formula is C11H20N2O. The number of nitrogens with zero attached hydrogens (tertiary/aromatic N) is 1. The van der Waals surface area contributed by atoms with Gasteiger partial charge < -0.3 is 10.2 Å². The lowest BCUT2D eigenvalue weighted by atomic mass is 9.81. The number of amides is 1. The Morgan fingerprint density at radius 2 is 2.21 bits per heavy atom. The Morgan fingerprint density at radius 1 is 1.50 bits per heavy atom. The van der Waals surface area contributed by atoms with Crippen molar-refractivity contribution in [2.75, 3.05) is 26.2 Å². The molecule has 80 valence electrons. The molecule has 0 aromatic heterocycles. The predicted octanol–water partition coefficient (Wildman–Crippen LogP) is 0.854. The second-order valence-corrected chi connectivity index (χ2v) is 5.27. The highest BCUT2D eigenvalue weighted by molar-refractivity contribution is 5.76. The molecule has 0 saturated carbocycles. The molecule has 0 bridgehead atoms. The standard InChI is InChI=1S/C11H20N2O/c1-9(2)5-10(14)13-4-3-11(8-13)6-12-7-11/h9,12H,3-8H2,1-2H3. The van der Waals surface area contributed by atoms with Crippen molar-refractivity contribution in [3.05, 3.63) is 0 Å². The van der Waals surface area contributed by atoms with Gasteiger partial charge in [0.25, 0.3) is 0 Å². The minimum absolute atomic E-state index is 0.351. The van der Waals surface area contributed by atoms with Crippen LogP contribution in [0.4, 0.5) is 0 Å². The van der Waals surface area contributed by atoms with E-state index in [1.807, 2.05) is 0 Å². The van der Waals surface area contributed by atoms with Crippen molar-refractivity contribution < 1.29 is 4.79 Å². The van der Waals surface area contributed by atoms with Crippen LogP contribution in [0.3, 0.4) is 0 Å². The van der Waals surface area contributed by atoms with Crippen LogP contribution in [0.25, 0.3) is 0 Å². The lowest BCUT2D eigenvalue weighted by molar-refractivity contribution is -0.131. The number of carbonyl (C=O) groups excluding carboxylic acids is 1. The van der Waals surface area contributed by atoms with E-state index in [-0.39, 0.29) is 0 Å². The average Bonchev–Trinajstić information content (AvgIpc) is 2.45. The number of carbonyl (C=O) groups is 1. The first-order chi connectivity index (χ1) is 6.61. The van der Waals surface area contributed by atoms with E-state index in [4.69, 9.17) is 0 Å². The van der Waals surface area contributed by atoms with E-state index in [1.54, 1.807) is 0 Å². The molecule has 1 spiro atoms. The molecular weight excluding hydrogens is 176 g/mol. The van der Waals surface area contributed by atoms with Gasteiger partial charge in [-0.15, -0.1) is 0 Å². The smallest absolute Gasteiger partial charge is 0.222 e. The van der Waals surface area contributed by atoms with Crippen LogP contribution in [0.1, 0.15) is 26.7 Å². The summed E-state index contributed by atoms with van der Waals surface area (Å²) in [5, 5.41) is 3.31. The molecule has 2 rings (SSSR count). The van der Waals surface area contributed by atoms with Gasteiger partial charge in [-0.3, -0.25) is 4.79 Å². The molecule has 3 heteroatoms. The molecule has 3 nitrogen and oxygen atoms in total. The summed E-state index contributed by atoms with van der Waals surface area (Å²) < 4.78 is 0. The maximum Gasteiger partial charge on any atom is 0.222 e. The van der Waals surface area contributed by atoms with E-state index < -0.39 is 0 Å². The van der Waals surface area contributed by atoms with Crippen LogP contribution >= 0.6 is 0 Å². The SMILES string of the molecule is CC(C)CC(=O)N1CCC2(CNC2)C1. The monoisotopic (exact) mass is 196 g/mol. The van der Waals surface area contributed by atoms with Crippen molar-refractivity contribution in [3.63, 3.8) is 0 Å². The average molecular weight is 196 g/mol. The molecule has 1 N–H and O–H groups in total. The van der Waals surface area contributed by atoms with Crippen molar-refractivity contribution in [1.29, 1.82) is 0 Å². The van der Waals surface area contributed by atoms with E-state index in [1.165, 1.54) is 6.42 Å². The summed E-state index contributed by atoms with van der Waals surface area (Å²) in [5.74, 6) is 0.836. The summed E-state index contributed by atoms with van der Waals surface area (Å²) in [6.07, 6.45) is 1.91. The van der Waals surface area contributed by atoms with E-state index in [0.717, 1.165) is 26.2 Å². The number of hydrogen-bond acceptors (Lipinski definition) is 2. The molecule has 1 amide bonds. The van der Waals surface area contributed by atoms with E-state index >= 15 is 0 Å². The molecule has 0 atom stereocenters. The second kappa shape index (κ2) is 3.54. The molecule has 14 heavy (non-hydrogen) atoms. The van der Waals surface area contributed by atoms with Crippen LogP contribution in [-0.4, -0.2) is 37.0 Å². The van der Waals surface area contributed by atoms with Gasteiger partial charge in [-0.25, -0.2) is 0 Å². The first-order valence-electron chi connectivity index (χ1n) is 5.60. The summed E-state index contributed by atoms with van der Waals surface area (Å²) >= 11 is 0. The quantitative estimate of drug-likeness (QED) is 0.710. The highest BCUT2D eigenvalue weighted by Crippen LogP contribution is 2.34. The highest BCUT2D eigenvalue weighted by atomic mass is 16.2. The fourth-order valence-corrected chi connectivity index (χ4v) is 2.39. The zero-order valence-corrected chi connectivity index (χ0v) is 9.18. The van der Waals surface area contributed by atoms with Gasteiger partial charge >= 0.3 is 0 Å². The van der Waals surface area contributed by atoms with Gasteiger partial charge in [0.15, 0.2) is 0 Å². The lowest BCUT2D eigenvalue weighted by Crippen LogP contribution is -2.55. The van der Waals surface area contributed by atoms with Crippen molar-refractivity contribution in [3.8, 4) is 0 Å². The van der Waals surface area contributed by atoms with E-state index in [9.17, 15) is 4.79 Å². The Kier molecular flexibility index (Phi) is 2.52. The zero-order chi connectivity index (χ0) is 10.2. The molecule has 2 heterocycles. The molecule has 0 radical (unpaired) electrons. The van der Waals surface area contributed by atoms with Crippen molar-refractivity contribution in [1.82, 2.24) is 10.2 Å². The van der Waals surface area contributed by atoms with Gasteiger partial charge in [0, 0.05) is 38.0 Å². The molecule has 0 unspecified atom stereocenters. The summed E-state index contributed by atoms with van der Waals surface area (Å²) in [4.78, 5) is 13.8. The van der Waals surface area contributed by atoms with E-state index in [2.05, 4.69) is 24.1 Å². The summed E-state index contributed by atoms with van der Waals surface area (Å²) in [5.41, 5.74) is 0.451. The number of nitrogens with one attached hydrogen (secondary N) is 1. The van der Waals surface area contributed by atoms with Crippen molar-refractivity contribution in [2.45, 2.75) is 26.7 Å². The summed E-state index contributed by atoms with van der Waals surface area (Å²) in [6.45, 7) is 8.40. The Balaban J connectivity index is 1.85. The maximum absolute atomic E-state index is 11.8. The third-order valence-electron chi connectivity index (χ3n) is 3.37. The van der Waals surface area contributed by atoms with Crippen LogP contribution in [0.2, 0.25) is 0 Å². The van der Waals surface area contributed by atoms with Gasteiger partial charge in [-0.2, -0.15) is 0 Å². The molecule has 0 aromatic rings. The highest BCUT2D eigenvalue weighted by Gasteiger charge is 2.44. The molecule has 2 saturated heterocycles. The Labute approximate surface area is 85.8 Å². The largest absolute Gasteiger partial charge is 0.342 e. The van der Waals surface area contributed by atoms with Crippen LogP contribution in [0, 0.1) is 11.3 Å². The molecule has 2 aliphatic heterocycles. The second-order valence-electron chi connectivity index (χ2n) is 5.27. The normalized spacial score (nSPS) is 24.4. The molecule has 2 fully saturated rings. The lowest BCUT2D eigenvalue weighted by Gasteiger charge is -2.39. The van der Waals surface area contributed by atoms with Gasteiger partial charge in [-0.1, -0.05) is 13.8 Å². The third-order valence-corrected chi connectivity index (χ3v) is 3.37. The van der Waals surface area contributed by atoms with Crippen LogP contribution in [0.5, 0.6) is 0 Å². The summed E-state index contributed by atoms with van der Waals surface area (Å²) in [7, 11) is 0. The topological polar surface area (TPSA) is 32.3 Å². The van der Waals surface area contributed by atoms with Crippen LogP contribution < -0.4 is 5.32 Å². The third kappa shape index (κ3) is 1.78. The fraction of sp³-hybridized carbons (Fsp3) is 0.909. The van der Waals surface area contributed by atoms with Crippen molar-refractivity contribution >= 4 is 5.91 Å². The minimum atomic E-state index is 0.351. The van der Waals surface area contributed by atoms with Gasteiger partial charge in [0.05, 0.1) is 0 Å². The van der Waals surface area contributed by atoms with Gasteiger partial charge in [0.2, 0.25) is 5.91 Å². The number of rotatable bonds is 2.